The Morgan fingerprint density at radius 2 is 2.27 bits per heavy atom. The molecule has 2 aromatic rings. The molecule has 0 spiro atoms. The van der Waals surface area contributed by atoms with E-state index in [-0.39, 0.29) is 0 Å². The third kappa shape index (κ3) is 2.57. The van der Waals surface area contributed by atoms with E-state index in [9.17, 15) is 5.11 Å². The monoisotopic (exact) mass is 222 g/mol. The summed E-state index contributed by atoms with van der Waals surface area (Å²) in [5.41, 5.74) is 0.832. The molecular weight excluding hydrogens is 212 g/mol. The van der Waals surface area contributed by atoms with Crippen LogP contribution in [0.4, 0.5) is 0 Å². The van der Waals surface area contributed by atoms with Gasteiger partial charge in [0.25, 0.3) is 5.22 Å². The average molecular weight is 222 g/mol. The number of oxazole rings is 1. The fourth-order valence-electron chi connectivity index (χ4n) is 1.09. The number of hydrogen-bond donors (Lipinski definition) is 1. The maximum Gasteiger partial charge on any atom is 0.261 e. The Morgan fingerprint density at radius 3 is 2.93 bits per heavy atom. The normalized spacial score (nSPS) is 12.7. The molecule has 0 radical (unpaired) electrons. The molecule has 0 amide bonds. The first kappa shape index (κ1) is 10.2. The summed E-state index contributed by atoms with van der Waals surface area (Å²) in [5.74, 6) is 0. The number of pyridine rings is 1. The van der Waals surface area contributed by atoms with Crippen LogP contribution >= 0.6 is 11.8 Å². The quantitative estimate of drug-likeness (QED) is 0.863. The third-order valence-corrected chi connectivity index (χ3v) is 2.65. The largest absolute Gasteiger partial charge is 0.440 e. The van der Waals surface area contributed by atoms with Gasteiger partial charge in [0.1, 0.15) is 11.3 Å². The molecule has 15 heavy (non-hydrogen) atoms. The van der Waals surface area contributed by atoms with Crippen molar-refractivity contribution in [2.45, 2.75) is 23.3 Å². The molecule has 78 valence electrons. The fraction of sp³-hybridized carbons (Fsp3) is 0.200. The molecule has 0 saturated carbocycles. The molecule has 0 fully saturated rings. The molecule has 1 atom stereocenters. The zero-order valence-corrected chi connectivity index (χ0v) is 8.94. The average Bonchev–Trinajstić information content (AvgIpc) is 2.71. The van der Waals surface area contributed by atoms with Gasteiger partial charge in [-0.1, -0.05) is 0 Å². The maximum atomic E-state index is 9.40. The summed E-state index contributed by atoms with van der Waals surface area (Å²) in [4.78, 5) is 8.13. The Kier molecular flexibility index (Phi) is 3.03. The SMILES string of the molecule is C[C@@H](O)c1ccnc(Sc2ncco2)c1. The lowest BCUT2D eigenvalue weighted by atomic mass is 10.2. The second-order valence-electron chi connectivity index (χ2n) is 3.00. The molecule has 0 unspecified atom stereocenters. The summed E-state index contributed by atoms with van der Waals surface area (Å²) in [6.45, 7) is 1.72. The van der Waals surface area contributed by atoms with E-state index in [0.717, 1.165) is 10.6 Å². The predicted octanol–water partition coefficient (Wildman–Crippen LogP) is 2.27. The molecule has 2 aromatic heterocycles. The summed E-state index contributed by atoms with van der Waals surface area (Å²) in [7, 11) is 0. The number of hydrogen-bond acceptors (Lipinski definition) is 5. The van der Waals surface area contributed by atoms with Crippen LogP contribution in [0.25, 0.3) is 0 Å². The van der Waals surface area contributed by atoms with E-state index in [1.165, 1.54) is 18.0 Å². The third-order valence-electron chi connectivity index (χ3n) is 1.84. The highest BCUT2D eigenvalue weighted by Gasteiger charge is 2.06. The van der Waals surface area contributed by atoms with Crippen molar-refractivity contribution in [3.8, 4) is 0 Å². The van der Waals surface area contributed by atoms with Crippen molar-refractivity contribution in [2.24, 2.45) is 0 Å². The molecule has 5 heteroatoms. The van der Waals surface area contributed by atoms with Crippen LogP contribution in [0, 0.1) is 0 Å². The molecule has 0 bridgehead atoms. The first-order valence-corrected chi connectivity index (χ1v) is 5.29. The van der Waals surface area contributed by atoms with Crippen molar-refractivity contribution >= 4 is 11.8 Å². The Morgan fingerprint density at radius 1 is 1.40 bits per heavy atom. The van der Waals surface area contributed by atoms with Crippen molar-refractivity contribution in [3.63, 3.8) is 0 Å². The van der Waals surface area contributed by atoms with Crippen LogP contribution < -0.4 is 0 Å². The van der Waals surface area contributed by atoms with Gasteiger partial charge in [-0.15, -0.1) is 0 Å². The lowest BCUT2D eigenvalue weighted by molar-refractivity contribution is 0.199. The minimum Gasteiger partial charge on any atom is -0.440 e. The van der Waals surface area contributed by atoms with Crippen LogP contribution in [0.3, 0.4) is 0 Å². The molecule has 1 N–H and O–H groups in total. The van der Waals surface area contributed by atoms with Gasteiger partial charge in [0.05, 0.1) is 12.3 Å². The van der Waals surface area contributed by atoms with Gasteiger partial charge in [-0.2, -0.15) is 0 Å². The van der Waals surface area contributed by atoms with Crippen LogP contribution in [0.1, 0.15) is 18.6 Å². The van der Waals surface area contributed by atoms with Crippen molar-refractivity contribution in [1.82, 2.24) is 9.97 Å². The van der Waals surface area contributed by atoms with E-state index in [1.807, 2.05) is 6.07 Å². The summed E-state index contributed by atoms with van der Waals surface area (Å²) in [6, 6.07) is 3.60. The fourth-order valence-corrected chi connectivity index (χ4v) is 1.80. The Labute approximate surface area is 91.4 Å². The summed E-state index contributed by atoms with van der Waals surface area (Å²) < 4.78 is 5.09. The van der Waals surface area contributed by atoms with E-state index >= 15 is 0 Å². The molecule has 0 saturated heterocycles. The zero-order valence-electron chi connectivity index (χ0n) is 8.12. The smallest absolute Gasteiger partial charge is 0.261 e. The van der Waals surface area contributed by atoms with Crippen molar-refractivity contribution < 1.29 is 9.52 Å². The van der Waals surface area contributed by atoms with Gasteiger partial charge in [0.15, 0.2) is 0 Å². The van der Waals surface area contributed by atoms with Crippen molar-refractivity contribution in [2.75, 3.05) is 0 Å². The van der Waals surface area contributed by atoms with Crippen LogP contribution in [0.15, 0.2) is 45.5 Å². The molecule has 0 aliphatic carbocycles. The molecule has 2 heterocycles. The standard InChI is InChI=1S/C10H10N2O2S/c1-7(13)8-2-3-11-9(6-8)15-10-12-4-5-14-10/h2-7,13H,1H3/t7-/m1/s1. The van der Waals surface area contributed by atoms with E-state index in [2.05, 4.69) is 9.97 Å². The van der Waals surface area contributed by atoms with Crippen molar-refractivity contribution in [1.29, 1.82) is 0 Å². The van der Waals surface area contributed by atoms with Crippen LogP contribution in [0.2, 0.25) is 0 Å². The molecule has 0 aliphatic rings. The number of nitrogens with zero attached hydrogens (tertiary/aromatic N) is 2. The zero-order chi connectivity index (χ0) is 10.7. The minimum atomic E-state index is -0.489. The first-order chi connectivity index (χ1) is 7.25. The number of aliphatic hydroxyl groups excluding tert-OH is 1. The Hall–Kier alpha value is -1.33. The van der Waals surface area contributed by atoms with Crippen molar-refractivity contribution in [3.05, 3.63) is 36.4 Å². The topological polar surface area (TPSA) is 59.2 Å². The lowest BCUT2D eigenvalue weighted by Crippen LogP contribution is -1.92. The molecule has 4 nitrogen and oxygen atoms in total. The highest BCUT2D eigenvalue weighted by molar-refractivity contribution is 7.99. The highest BCUT2D eigenvalue weighted by atomic mass is 32.2. The summed E-state index contributed by atoms with van der Waals surface area (Å²) in [5, 5.41) is 10.7. The second kappa shape index (κ2) is 4.46. The van der Waals surface area contributed by atoms with Gasteiger partial charge in [-0.3, -0.25) is 0 Å². The van der Waals surface area contributed by atoms with Crippen LogP contribution in [-0.4, -0.2) is 15.1 Å². The number of aliphatic hydroxyl groups is 1. The predicted molar refractivity (Wildman–Crippen MR) is 55.5 cm³/mol. The minimum absolute atomic E-state index is 0.489. The van der Waals surface area contributed by atoms with Gasteiger partial charge in [0.2, 0.25) is 0 Å². The van der Waals surface area contributed by atoms with Gasteiger partial charge in [0, 0.05) is 6.20 Å². The number of aromatic nitrogens is 2. The summed E-state index contributed by atoms with van der Waals surface area (Å²) >= 11 is 1.33. The maximum absolute atomic E-state index is 9.40. The van der Waals surface area contributed by atoms with Gasteiger partial charge in [-0.25, -0.2) is 9.97 Å². The number of rotatable bonds is 3. The summed E-state index contributed by atoms with van der Waals surface area (Å²) in [6.07, 6.45) is 4.27. The molecule has 0 aliphatic heterocycles. The Balaban J connectivity index is 2.18. The molecule has 2 rings (SSSR count). The van der Waals surface area contributed by atoms with E-state index in [0.29, 0.717) is 5.22 Å². The van der Waals surface area contributed by atoms with Crippen LogP contribution in [-0.2, 0) is 0 Å². The van der Waals surface area contributed by atoms with Gasteiger partial charge >= 0.3 is 0 Å². The van der Waals surface area contributed by atoms with Crippen LogP contribution in [0.5, 0.6) is 0 Å². The van der Waals surface area contributed by atoms with E-state index < -0.39 is 6.10 Å². The Bertz CT molecular complexity index is 429. The van der Waals surface area contributed by atoms with Gasteiger partial charge < -0.3 is 9.52 Å². The van der Waals surface area contributed by atoms with E-state index in [1.54, 1.807) is 25.4 Å². The highest BCUT2D eigenvalue weighted by Crippen LogP contribution is 2.25. The second-order valence-corrected chi connectivity index (χ2v) is 3.98. The first-order valence-electron chi connectivity index (χ1n) is 4.47. The van der Waals surface area contributed by atoms with E-state index in [4.69, 9.17) is 4.42 Å². The molecule has 0 aromatic carbocycles. The van der Waals surface area contributed by atoms with Gasteiger partial charge in [-0.05, 0) is 36.4 Å². The lowest BCUT2D eigenvalue weighted by Gasteiger charge is -2.04. The molecular formula is C10H10N2O2S.